The third-order valence-electron chi connectivity index (χ3n) is 19.1. The van der Waals surface area contributed by atoms with Gasteiger partial charge < -0.3 is 17.7 Å². The molecule has 484 valence electrons. The van der Waals surface area contributed by atoms with Gasteiger partial charge in [0.2, 0.25) is 0 Å². The van der Waals surface area contributed by atoms with E-state index in [1.165, 1.54) is 0 Å². The molecule has 0 amide bonds. The Morgan fingerprint density at radius 1 is 0.192 bits per heavy atom. The quantitative estimate of drug-likeness (QED) is 0.127. The van der Waals surface area contributed by atoms with Crippen molar-refractivity contribution in [2.45, 2.75) is 0 Å². The molecule has 6 heterocycles. The maximum atomic E-state index is 10.0. The lowest BCUT2D eigenvalue weighted by Gasteiger charge is -2.13. The SMILES string of the molecule is N#Cc1ccccc1-c1nc(-c2ccccc2)nc(-c2cc(-c3ccc4oc5ccccc5c4c3)cc(-c3ccc4oc5ccccc5c4c3)c2)n1.N#Cc1ccccc1-c1nc(-c2ccccc2)nc(-c2cc(-c3cccc4c3oc3ccccc34)cc(-c3cccc4c3oc3ccccc34)c2)n1. The van der Waals surface area contributed by atoms with Crippen LogP contribution in [0.4, 0.5) is 0 Å². The number of hydrogen-bond acceptors (Lipinski definition) is 12. The van der Waals surface area contributed by atoms with Gasteiger partial charge in [-0.2, -0.15) is 10.5 Å². The molecule has 6 aromatic heterocycles. The molecule has 0 unspecified atom stereocenters. The number of furan rings is 4. The van der Waals surface area contributed by atoms with Gasteiger partial charge in [-0.1, -0.05) is 206 Å². The number of fused-ring (bicyclic) bond motifs is 12. The van der Waals surface area contributed by atoms with Crippen LogP contribution in [0.1, 0.15) is 11.1 Å². The van der Waals surface area contributed by atoms with Crippen molar-refractivity contribution >= 4 is 87.8 Å². The molecule has 12 nitrogen and oxygen atoms in total. The van der Waals surface area contributed by atoms with Crippen molar-refractivity contribution in [3.05, 3.63) is 327 Å². The van der Waals surface area contributed by atoms with E-state index in [9.17, 15) is 10.5 Å². The summed E-state index contributed by atoms with van der Waals surface area (Å²) in [6.45, 7) is 0. The fraction of sp³-hybridized carbons (Fsp3) is 0. The van der Waals surface area contributed by atoms with Gasteiger partial charge in [-0.25, -0.2) is 29.9 Å². The van der Waals surface area contributed by atoms with Crippen LogP contribution in [-0.2, 0) is 0 Å². The number of para-hydroxylation sites is 6. The summed E-state index contributed by atoms with van der Waals surface area (Å²) in [5.74, 6) is 2.88. The number of aromatic nitrogens is 6. The van der Waals surface area contributed by atoms with Crippen LogP contribution in [0.2, 0.25) is 0 Å². The summed E-state index contributed by atoms with van der Waals surface area (Å²) in [5, 5.41) is 28.5. The molecule has 0 fully saturated rings. The van der Waals surface area contributed by atoms with Crippen molar-refractivity contribution in [3.8, 4) is 125 Å². The van der Waals surface area contributed by atoms with Crippen LogP contribution in [0.15, 0.2) is 333 Å². The second kappa shape index (κ2) is 25.2. The van der Waals surface area contributed by atoms with Crippen molar-refractivity contribution in [1.82, 2.24) is 29.9 Å². The van der Waals surface area contributed by atoms with Crippen molar-refractivity contribution < 1.29 is 17.7 Å². The van der Waals surface area contributed by atoms with Gasteiger partial charge >= 0.3 is 0 Å². The predicted molar refractivity (Wildman–Crippen MR) is 413 cm³/mol. The van der Waals surface area contributed by atoms with Gasteiger partial charge in [0.25, 0.3) is 0 Å². The molecule has 0 aliphatic rings. The standard InChI is InChI=1S/2C46H26N4O2/c47-27-29-14-4-5-15-35(29)46-49-44(28-12-2-1-3-13-28)48-45(50-46)32-25-30(33-18-10-20-38-36-16-6-8-22-40(36)51-42(33)38)24-31(26-32)34-19-11-21-39-37-17-7-9-23-41(37)52-43(34)39;47-27-31-12-4-5-13-35(31)46-49-44(28-10-2-1-3-11-28)48-45(50-46)34-23-32(29-18-20-42-38(25-29)36-14-6-8-16-40(36)51-42)22-33(24-34)30-19-21-43-39(26-30)37-15-7-9-17-41(37)52-43/h2*1-26H. The zero-order valence-corrected chi connectivity index (χ0v) is 55.2. The van der Waals surface area contributed by atoms with Gasteiger partial charge in [-0.15, -0.1) is 0 Å². The van der Waals surface area contributed by atoms with Gasteiger partial charge in [0.1, 0.15) is 44.7 Å². The Balaban J connectivity index is 0.000000143. The van der Waals surface area contributed by atoms with Crippen LogP contribution in [0.3, 0.4) is 0 Å². The van der Waals surface area contributed by atoms with Crippen molar-refractivity contribution in [2.75, 3.05) is 0 Å². The van der Waals surface area contributed by atoms with E-state index < -0.39 is 0 Å². The van der Waals surface area contributed by atoms with E-state index in [0.717, 1.165) is 155 Å². The first-order chi connectivity index (χ1) is 51.4. The molecular formula is C92H52N8O4. The minimum absolute atomic E-state index is 0.423. The molecular weight excluding hydrogens is 1280 g/mol. The number of benzene rings is 14. The number of nitrogens with zero attached hydrogens (tertiary/aromatic N) is 8. The third-order valence-corrected chi connectivity index (χ3v) is 19.1. The van der Waals surface area contributed by atoms with E-state index >= 15 is 0 Å². The first-order valence-electron chi connectivity index (χ1n) is 34.0. The fourth-order valence-electron chi connectivity index (χ4n) is 14.2. The highest BCUT2D eigenvalue weighted by Gasteiger charge is 2.23. The molecule has 20 rings (SSSR count). The number of nitriles is 2. The molecule has 0 radical (unpaired) electrons. The lowest BCUT2D eigenvalue weighted by molar-refractivity contribution is 0.668. The monoisotopic (exact) mass is 1330 g/mol. The molecule has 104 heavy (non-hydrogen) atoms. The van der Waals surface area contributed by atoms with Crippen LogP contribution in [0.25, 0.3) is 201 Å². The maximum Gasteiger partial charge on any atom is 0.165 e. The zero-order chi connectivity index (χ0) is 69.2. The third kappa shape index (κ3) is 10.8. The molecule has 0 N–H and O–H groups in total. The van der Waals surface area contributed by atoms with Crippen LogP contribution in [0, 0.1) is 22.7 Å². The van der Waals surface area contributed by atoms with E-state index in [1.807, 2.05) is 182 Å². The largest absolute Gasteiger partial charge is 0.456 e. The molecule has 20 aromatic rings. The van der Waals surface area contributed by atoms with Crippen molar-refractivity contribution in [2.24, 2.45) is 0 Å². The predicted octanol–water partition coefficient (Wildman–Crippen LogP) is 23.8. The summed E-state index contributed by atoms with van der Waals surface area (Å²) in [5.41, 5.74) is 20.0. The summed E-state index contributed by atoms with van der Waals surface area (Å²) in [6, 6.07) is 110. The Bertz CT molecular complexity index is 6650. The minimum atomic E-state index is 0.423. The Hall–Kier alpha value is -14.7. The molecule has 0 bridgehead atoms. The van der Waals surface area contributed by atoms with Crippen LogP contribution in [-0.4, -0.2) is 29.9 Å². The van der Waals surface area contributed by atoms with E-state index in [0.29, 0.717) is 57.2 Å². The Labute approximate surface area is 594 Å². The highest BCUT2D eigenvalue weighted by Crippen LogP contribution is 2.44. The highest BCUT2D eigenvalue weighted by molar-refractivity contribution is 6.13. The number of hydrogen-bond donors (Lipinski definition) is 0. The van der Waals surface area contributed by atoms with Crippen molar-refractivity contribution in [1.29, 1.82) is 10.5 Å². The van der Waals surface area contributed by atoms with Gasteiger partial charge in [-0.05, 0) is 143 Å². The van der Waals surface area contributed by atoms with Crippen LogP contribution < -0.4 is 0 Å². The van der Waals surface area contributed by atoms with Crippen LogP contribution >= 0.6 is 0 Å². The molecule has 0 saturated heterocycles. The smallest absolute Gasteiger partial charge is 0.165 e. The van der Waals surface area contributed by atoms with E-state index in [2.05, 4.69) is 133 Å². The summed E-state index contributed by atoms with van der Waals surface area (Å²) in [4.78, 5) is 30.0. The Morgan fingerprint density at radius 3 is 0.913 bits per heavy atom. The Kier molecular flexibility index (Phi) is 14.7. The maximum absolute atomic E-state index is 10.0. The summed E-state index contributed by atoms with van der Waals surface area (Å²) in [7, 11) is 0. The van der Waals surface area contributed by atoms with E-state index in [-0.39, 0.29) is 0 Å². The molecule has 0 atom stereocenters. The molecule has 0 aliphatic heterocycles. The molecule has 0 spiro atoms. The van der Waals surface area contributed by atoms with Gasteiger partial charge in [0, 0.05) is 87.6 Å². The second-order valence-corrected chi connectivity index (χ2v) is 25.4. The van der Waals surface area contributed by atoms with E-state index in [1.54, 1.807) is 12.1 Å². The first-order valence-corrected chi connectivity index (χ1v) is 34.0. The lowest BCUT2D eigenvalue weighted by Crippen LogP contribution is -2.01. The molecule has 0 saturated carbocycles. The van der Waals surface area contributed by atoms with E-state index in [4.69, 9.17) is 47.6 Å². The first kappa shape index (κ1) is 60.5. The molecule has 14 aromatic carbocycles. The van der Waals surface area contributed by atoms with Crippen molar-refractivity contribution in [3.63, 3.8) is 0 Å². The van der Waals surface area contributed by atoms with Gasteiger partial charge in [0.15, 0.2) is 34.9 Å². The summed E-state index contributed by atoms with van der Waals surface area (Å²) < 4.78 is 25.4. The average Bonchev–Trinajstić information content (AvgIpc) is 1.51. The molecule has 12 heteroatoms. The fourth-order valence-corrected chi connectivity index (χ4v) is 14.2. The zero-order valence-electron chi connectivity index (χ0n) is 55.2. The average molecular weight is 1330 g/mol. The summed E-state index contributed by atoms with van der Waals surface area (Å²) in [6.07, 6.45) is 0. The normalized spacial score (nSPS) is 11.4. The second-order valence-electron chi connectivity index (χ2n) is 25.4. The van der Waals surface area contributed by atoms with Crippen LogP contribution in [0.5, 0.6) is 0 Å². The minimum Gasteiger partial charge on any atom is -0.456 e. The highest BCUT2D eigenvalue weighted by atomic mass is 16.3. The lowest BCUT2D eigenvalue weighted by atomic mass is 9.94. The number of rotatable bonds is 10. The Morgan fingerprint density at radius 2 is 0.490 bits per heavy atom. The summed E-state index contributed by atoms with van der Waals surface area (Å²) >= 11 is 0. The molecule has 0 aliphatic carbocycles. The topological polar surface area (TPSA) is 177 Å². The van der Waals surface area contributed by atoms with Gasteiger partial charge in [-0.3, -0.25) is 0 Å². The van der Waals surface area contributed by atoms with Gasteiger partial charge in [0.05, 0.1) is 23.3 Å².